The van der Waals surface area contributed by atoms with E-state index < -0.39 is 6.09 Å². The third-order valence-corrected chi connectivity index (χ3v) is 4.30. The number of hydrogen-bond acceptors (Lipinski definition) is 4. The molecule has 1 aliphatic rings. The van der Waals surface area contributed by atoms with Crippen molar-refractivity contribution in [2.24, 2.45) is 0 Å². The summed E-state index contributed by atoms with van der Waals surface area (Å²) in [7, 11) is 0. The van der Waals surface area contributed by atoms with Crippen LogP contribution in [-0.2, 0) is 6.61 Å². The number of likely N-dealkylation sites (tertiary alicyclic amines) is 1. The van der Waals surface area contributed by atoms with E-state index >= 15 is 0 Å². The molecule has 136 valence electrons. The number of carbonyl (C=O) groups is 2. The molecule has 1 N–H and O–H groups in total. The standard InChI is InChI=1S/C20H21NO5/c22-13-16-11-17(26-18-7-4-10-21(12-18)20(23)24)8-9-19(16)25-14-15-5-2-1-3-6-15/h1-3,5-6,8-9,11,13,18H,4,7,10,12,14H2,(H,23,24). The van der Waals surface area contributed by atoms with Gasteiger partial charge in [0.2, 0.25) is 0 Å². The number of rotatable bonds is 6. The van der Waals surface area contributed by atoms with Crippen molar-refractivity contribution in [3.63, 3.8) is 0 Å². The van der Waals surface area contributed by atoms with Gasteiger partial charge in [-0.05, 0) is 36.6 Å². The maximum absolute atomic E-state index is 11.4. The highest BCUT2D eigenvalue weighted by molar-refractivity contribution is 5.80. The van der Waals surface area contributed by atoms with Crippen molar-refractivity contribution >= 4 is 12.4 Å². The van der Waals surface area contributed by atoms with E-state index in [1.54, 1.807) is 18.2 Å². The van der Waals surface area contributed by atoms with Gasteiger partial charge >= 0.3 is 6.09 Å². The third kappa shape index (κ3) is 4.53. The summed E-state index contributed by atoms with van der Waals surface area (Å²) in [6, 6.07) is 14.8. The number of nitrogens with zero attached hydrogens (tertiary/aromatic N) is 1. The zero-order valence-electron chi connectivity index (χ0n) is 14.3. The molecule has 1 heterocycles. The minimum atomic E-state index is -0.934. The molecule has 0 aromatic heterocycles. The lowest BCUT2D eigenvalue weighted by molar-refractivity contribution is 0.0791. The van der Waals surface area contributed by atoms with Gasteiger partial charge in [-0.25, -0.2) is 4.79 Å². The van der Waals surface area contributed by atoms with E-state index in [0.29, 0.717) is 36.8 Å². The van der Waals surface area contributed by atoms with Crippen LogP contribution < -0.4 is 9.47 Å². The fourth-order valence-corrected chi connectivity index (χ4v) is 2.96. The van der Waals surface area contributed by atoms with Crippen LogP contribution in [0.15, 0.2) is 48.5 Å². The fraction of sp³-hybridized carbons (Fsp3) is 0.300. The van der Waals surface area contributed by atoms with Crippen molar-refractivity contribution in [1.29, 1.82) is 0 Å². The first-order valence-corrected chi connectivity index (χ1v) is 8.56. The highest BCUT2D eigenvalue weighted by Gasteiger charge is 2.24. The molecule has 3 rings (SSSR count). The molecule has 2 aromatic carbocycles. The summed E-state index contributed by atoms with van der Waals surface area (Å²) in [4.78, 5) is 23.9. The van der Waals surface area contributed by atoms with Crippen LogP contribution in [0.5, 0.6) is 11.5 Å². The van der Waals surface area contributed by atoms with E-state index in [2.05, 4.69) is 0 Å². The van der Waals surface area contributed by atoms with Gasteiger partial charge in [0.25, 0.3) is 0 Å². The topological polar surface area (TPSA) is 76.1 Å². The molecule has 0 aliphatic carbocycles. The van der Waals surface area contributed by atoms with Gasteiger partial charge in [0, 0.05) is 6.54 Å². The number of hydrogen-bond donors (Lipinski definition) is 1. The van der Waals surface area contributed by atoms with E-state index in [1.165, 1.54) is 4.90 Å². The average Bonchev–Trinajstić information content (AvgIpc) is 2.68. The Labute approximate surface area is 152 Å². The van der Waals surface area contributed by atoms with Crippen LogP contribution in [0.2, 0.25) is 0 Å². The van der Waals surface area contributed by atoms with Crippen molar-refractivity contribution in [3.8, 4) is 11.5 Å². The summed E-state index contributed by atoms with van der Waals surface area (Å²) in [5.41, 5.74) is 1.42. The highest BCUT2D eigenvalue weighted by Crippen LogP contribution is 2.26. The summed E-state index contributed by atoms with van der Waals surface area (Å²) in [6.45, 7) is 1.23. The maximum Gasteiger partial charge on any atom is 0.407 e. The van der Waals surface area contributed by atoms with Crippen LogP contribution in [-0.4, -0.2) is 41.6 Å². The molecule has 26 heavy (non-hydrogen) atoms. The molecule has 1 amide bonds. The van der Waals surface area contributed by atoms with Gasteiger partial charge in [0.05, 0.1) is 12.1 Å². The predicted octanol–water partition coefficient (Wildman–Crippen LogP) is 3.60. The smallest absolute Gasteiger partial charge is 0.407 e. The van der Waals surface area contributed by atoms with E-state index in [4.69, 9.17) is 14.6 Å². The Balaban J connectivity index is 1.64. The Morgan fingerprint density at radius 1 is 1.23 bits per heavy atom. The SMILES string of the molecule is O=Cc1cc(OC2CCCN(C(=O)O)C2)ccc1OCc1ccccc1. The molecule has 0 radical (unpaired) electrons. The summed E-state index contributed by atoms with van der Waals surface area (Å²) < 4.78 is 11.6. The second-order valence-electron chi connectivity index (χ2n) is 6.20. The Hall–Kier alpha value is -3.02. The molecule has 1 unspecified atom stereocenters. The number of benzene rings is 2. The first-order chi connectivity index (χ1) is 12.7. The molecule has 6 heteroatoms. The first-order valence-electron chi connectivity index (χ1n) is 8.56. The lowest BCUT2D eigenvalue weighted by Gasteiger charge is -2.31. The van der Waals surface area contributed by atoms with Crippen LogP contribution in [0.3, 0.4) is 0 Å². The molecule has 6 nitrogen and oxygen atoms in total. The Bertz CT molecular complexity index is 762. The van der Waals surface area contributed by atoms with Gasteiger partial charge in [-0.1, -0.05) is 30.3 Å². The van der Waals surface area contributed by atoms with Crippen molar-refractivity contribution in [2.75, 3.05) is 13.1 Å². The second-order valence-corrected chi connectivity index (χ2v) is 6.20. The summed E-state index contributed by atoms with van der Waals surface area (Å²) >= 11 is 0. The Morgan fingerprint density at radius 2 is 2.04 bits per heavy atom. The van der Waals surface area contributed by atoms with Gasteiger partial charge in [-0.2, -0.15) is 0 Å². The Morgan fingerprint density at radius 3 is 2.77 bits per heavy atom. The van der Waals surface area contributed by atoms with Crippen molar-refractivity contribution in [1.82, 2.24) is 4.90 Å². The molecular formula is C20H21NO5. The van der Waals surface area contributed by atoms with E-state index in [9.17, 15) is 9.59 Å². The van der Waals surface area contributed by atoms with Crippen molar-refractivity contribution in [3.05, 3.63) is 59.7 Å². The number of aldehydes is 1. The highest BCUT2D eigenvalue weighted by atomic mass is 16.5. The van der Waals surface area contributed by atoms with Crippen LogP contribution >= 0.6 is 0 Å². The molecule has 0 saturated carbocycles. The molecule has 1 atom stereocenters. The first kappa shape index (κ1) is 17.8. The van der Waals surface area contributed by atoms with Gasteiger partial charge in [-0.3, -0.25) is 4.79 Å². The molecule has 0 bridgehead atoms. The normalized spacial score (nSPS) is 16.8. The number of ether oxygens (including phenoxy) is 2. The number of amides is 1. The Kier molecular flexibility index (Phi) is 5.73. The summed E-state index contributed by atoms with van der Waals surface area (Å²) in [5.74, 6) is 1.03. The summed E-state index contributed by atoms with van der Waals surface area (Å²) in [5, 5.41) is 9.10. The van der Waals surface area contributed by atoms with Gasteiger partial charge in [0.15, 0.2) is 6.29 Å². The zero-order chi connectivity index (χ0) is 18.4. The monoisotopic (exact) mass is 355 g/mol. The molecule has 1 fully saturated rings. The number of piperidine rings is 1. The van der Waals surface area contributed by atoms with Crippen LogP contribution in [0.4, 0.5) is 4.79 Å². The molecule has 2 aromatic rings. The molecule has 0 spiro atoms. The van der Waals surface area contributed by atoms with Crippen molar-refractivity contribution < 1.29 is 24.2 Å². The largest absolute Gasteiger partial charge is 0.489 e. The van der Waals surface area contributed by atoms with Crippen LogP contribution in [0, 0.1) is 0 Å². The van der Waals surface area contributed by atoms with Gasteiger partial charge < -0.3 is 19.5 Å². The van der Waals surface area contributed by atoms with Crippen LogP contribution in [0.1, 0.15) is 28.8 Å². The molecular weight excluding hydrogens is 334 g/mol. The minimum absolute atomic E-state index is 0.213. The van der Waals surface area contributed by atoms with E-state index in [-0.39, 0.29) is 6.10 Å². The lowest BCUT2D eigenvalue weighted by Crippen LogP contribution is -2.43. The van der Waals surface area contributed by atoms with E-state index in [1.807, 2.05) is 30.3 Å². The van der Waals surface area contributed by atoms with Crippen molar-refractivity contribution in [2.45, 2.75) is 25.6 Å². The predicted molar refractivity (Wildman–Crippen MR) is 95.9 cm³/mol. The van der Waals surface area contributed by atoms with E-state index in [0.717, 1.165) is 24.7 Å². The average molecular weight is 355 g/mol. The van der Waals surface area contributed by atoms with Crippen LogP contribution in [0.25, 0.3) is 0 Å². The molecule has 1 aliphatic heterocycles. The quantitative estimate of drug-likeness (QED) is 0.801. The molecule has 1 saturated heterocycles. The zero-order valence-corrected chi connectivity index (χ0v) is 14.3. The summed E-state index contributed by atoms with van der Waals surface area (Å²) in [6.07, 6.45) is 1.13. The number of carboxylic acid groups (broad SMARTS) is 1. The number of carbonyl (C=O) groups excluding carboxylic acids is 1. The van der Waals surface area contributed by atoms with Gasteiger partial charge in [-0.15, -0.1) is 0 Å². The fourth-order valence-electron chi connectivity index (χ4n) is 2.96. The minimum Gasteiger partial charge on any atom is -0.489 e. The second kappa shape index (κ2) is 8.38. The van der Waals surface area contributed by atoms with Gasteiger partial charge in [0.1, 0.15) is 24.2 Å². The third-order valence-electron chi connectivity index (χ3n) is 4.30. The maximum atomic E-state index is 11.4. The lowest BCUT2D eigenvalue weighted by atomic mass is 10.1.